The Kier molecular flexibility index (Phi) is 6.54. The van der Waals surface area contributed by atoms with Crippen molar-refractivity contribution in [1.82, 2.24) is 19.5 Å². The quantitative estimate of drug-likeness (QED) is 0.382. The van der Waals surface area contributed by atoms with Gasteiger partial charge in [-0.1, -0.05) is 6.92 Å². The predicted octanol–water partition coefficient (Wildman–Crippen LogP) is 3.57. The maximum Gasteiger partial charge on any atom is 0.227 e. The molecule has 2 heterocycles. The zero-order valence-electron chi connectivity index (χ0n) is 19.1. The molecule has 0 aliphatic heterocycles. The summed E-state index contributed by atoms with van der Waals surface area (Å²) in [6.45, 7) is 10.2. The van der Waals surface area contributed by atoms with E-state index in [0.29, 0.717) is 29.5 Å². The number of aliphatic hydroxyl groups is 1. The molecular weight excluding hydrogens is 394 g/mol. The summed E-state index contributed by atoms with van der Waals surface area (Å²) in [4.78, 5) is 13.9. The monoisotopic (exact) mass is 427 g/mol. The number of imidazole rings is 1. The summed E-state index contributed by atoms with van der Waals surface area (Å²) in [5.74, 6) is 1.77. The summed E-state index contributed by atoms with van der Waals surface area (Å²) in [5.41, 5.74) is 8.17. The van der Waals surface area contributed by atoms with Gasteiger partial charge in [0.2, 0.25) is 5.95 Å². The Morgan fingerprint density at radius 2 is 2.00 bits per heavy atom. The Morgan fingerprint density at radius 3 is 2.61 bits per heavy atom. The van der Waals surface area contributed by atoms with Crippen molar-refractivity contribution in [3.8, 4) is 5.75 Å². The number of rotatable bonds is 9. The highest BCUT2D eigenvalue weighted by Crippen LogP contribution is 2.27. The highest BCUT2D eigenvalue weighted by Gasteiger charge is 2.26. The van der Waals surface area contributed by atoms with Crippen LogP contribution in [0.15, 0.2) is 24.5 Å². The molecule has 0 saturated carbocycles. The number of ether oxygens (including phenoxy) is 1. The molecule has 0 saturated heterocycles. The van der Waals surface area contributed by atoms with Crippen molar-refractivity contribution < 1.29 is 9.84 Å². The lowest BCUT2D eigenvalue weighted by Crippen LogP contribution is -2.41. The third-order valence-corrected chi connectivity index (χ3v) is 5.34. The Bertz CT molecular complexity index is 1040. The lowest BCUT2D eigenvalue weighted by Gasteiger charge is -2.29. The van der Waals surface area contributed by atoms with Gasteiger partial charge in [0.05, 0.1) is 25.1 Å². The molecule has 0 bridgehead atoms. The number of methoxy groups -OCH3 is 1. The normalized spacial score (nSPS) is 12.9. The van der Waals surface area contributed by atoms with Crippen LogP contribution in [-0.4, -0.2) is 43.4 Å². The Balaban J connectivity index is 1.99. The molecule has 0 fully saturated rings. The highest BCUT2D eigenvalue weighted by molar-refractivity contribution is 5.84. The second-order valence-corrected chi connectivity index (χ2v) is 8.49. The molecule has 2 aromatic heterocycles. The fourth-order valence-electron chi connectivity index (χ4n) is 3.46. The van der Waals surface area contributed by atoms with Crippen LogP contribution in [-0.2, 0) is 6.54 Å². The van der Waals surface area contributed by atoms with Crippen molar-refractivity contribution >= 4 is 28.6 Å². The predicted molar refractivity (Wildman–Crippen MR) is 124 cm³/mol. The molecule has 0 aliphatic carbocycles. The van der Waals surface area contributed by atoms with Crippen LogP contribution in [0.3, 0.4) is 0 Å². The van der Waals surface area contributed by atoms with E-state index in [2.05, 4.69) is 34.4 Å². The molecule has 0 amide bonds. The lowest BCUT2D eigenvalue weighted by atomic mass is 9.97. The van der Waals surface area contributed by atoms with Gasteiger partial charge in [-0.25, -0.2) is 4.98 Å². The number of hydrogen-bond donors (Lipinski definition) is 4. The molecule has 1 atom stereocenters. The third kappa shape index (κ3) is 4.99. The standard InChI is InChI=1S/C22H33N7O2/c1-7-17(22(4,5)30)26-21-27-19(18-20(28-21)29(12-25-18)13(2)3)24-11-14-10-15(31-6)8-9-16(14)23/h8-10,12-13,17,30H,7,11,23H2,1-6H3,(H2,24,26,27,28). The van der Waals surface area contributed by atoms with Crippen LogP contribution in [0.5, 0.6) is 5.75 Å². The van der Waals surface area contributed by atoms with Crippen LogP contribution in [0.1, 0.15) is 52.6 Å². The number of benzene rings is 1. The minimum Gasteiger partial charge on any atom is -0.497 e. The van der Waals surface area contributed by atoms with E-state index in [-0.39, 0.29) is 12.1 Å². The average molecular weight is 428 g/mol. The minimum absolute atomic E-state index is 0.186. The molecule has 0 radical (unpaired) electrons. The van der Waals surface area contributed by atoms with E-state index in [1.54, 1.807) is 27.3 Å². The number of nitrogens with two attached hydrogens (primary N) is 1. The summed E-state index contributed by atoms with van der Waals surface area (Å²) < 4.78 is 7.31. The molecule has 9 nitrogen and oxygen atoms in total. The van der Waals surface area contributed by atoms with Crippen LogP contribution < -0.4 is 21.1 Å². The van der Waals surface area contributed by atoms with E-state index >= 15 is 0 Å². The van der Waals surface area contributed by atoms with Crippen LogP contribution in [0.2, 0.25) is 0 Å². The summed E-state index contributed by atoms with van der Waals surface area (Å²) >= 11 is 0. The van der Waals surface area contributed by atoms with E-state index in [4.69, 9.17) is 15.5 Å². The van der Waals surface area contributed by atoms with Crippen molar-refractivity contribution in [3.05, 3.63) is 30.1 Å². The molecule has 1 aromatic carbocycles. The average Bonchev–Trinajstić information content (AvgIpc) is 3.14. The largest absolute Gasteiger partial charge is 0.497 e. The van der Waals surface area contributed by atoms with E-state index in [1.165, 1.54) is 0 Å². The number of hydrogen-bond acceptors (Lipinski definition) is 8. The molecule has 1 unspecified atom stereocenters. The first kappa shape index (κ1) is 22.6. The van der Waals surface area contributed by atoms with Crippen molar-refractivity contribution in [3.63, 3.8) is 0 Å². The molecule has 3 aromatic rings. The van der Waals surface area contributed by atoms with Crippen molar-refractivity contribution in [2.45, 2.75) is 65.3 Å². The fourth-order valence-corrected chi connectivity index (χ4v) is 3.46. The van der Waals surface area contributed by atoms with Crippen LogP contribution >= 0.6 is 0 Å². The molecule has 3 rings (SSSR count). The zero-order valence-corrected chi connectivity index (χ0v) is 19.1. The first-order valence-electron chi connectivity index (χ1n) is 10.5. The van der Waals surface area contributed by atoms with Crippen molar-refractivity contribution in [2.24, 2.45) is 0 Å². The van der Waals surface area contributed by atoms with Crippen LogP contribution in [0.4, 0.5) is 17.5 Å². The van der Waals surface area contributed by atoms with Gasteiger partial charge >= 0.3 is 0 Å². The van der Waals surface area contributed by atoms with E-state index in [1.807, 2.05) is 29.7 Å². The maximum absolute atomic E-state index is 10.5. The summed E-state index contributed by atoms with van der Waals surface area (Å²) in [6.07, 6.45) is 2.49. The molecule has 0 spiro atoms. The van der Waals surface area contributed by atoms with Gasteiger partial charge in [-0.05, 0) is 57.9 Å². The minimum atomic E-state index is -0.923. The summed E-state index contributed by atoms with van der Waals surface area (Å²) in [7, 11) is 1.62. The molecular formula is C22H33N7O2. The van der Waals surface area contributed by atoms with Gasteiger partial charge in [0.25, 0.3) is 0 Å². The number of anilines is 3. The van der Waals surface area contributed by atoms with Gasteiger partial charge in [0.15, 0.2) is 17.0 Å². The topological polar surface area (TPSA) is 123 Å². The molecule has 5 N–H and O–H groups in total. The maximum atomic E-state index is 10.5. The summed E-state index contributed by atoms with van der Waals surface area (Å²) in [5, 5.41) is 17.1. The van der Waals surface area contributed by atoms with Crippen LogP contribution in [0, 0.1) is 0 Å². The lowest BCUT2D eigenvalue weighted by molar-refractivity contribution is 0.0577. The van der Waals surface area contributed by atoms with Gasteiger partial charge in [-0.2, -0.15) is 9.97 Å². The Labute approximate surface area is 183 Å². The first-order valence-corrected chi connectivity index (χ1v) is 10.5. The second-order valence-electron chi connectivity index (χ2n) is 8.49. The third-order valence-electron chi connectivity index (χ3n) is 5.34. The number of fused-ring (bicyclic) bond motifs is 1. The smallest absolute Gasteiger partial charge is 0.227 e. The molecule has 9 heteroatoms. The fraction of sp³-hybridized carbons (Fsp3) is 0.500. The van der Waals surface area contributed by atoms with Crippen molar-refractivity contribution in [2.75, 3.05) is 23.5 Å². The Hall–Kier alpha value is -3.07. The summed E-state index contributed by atoms with van der Waals surface area (Å²) in [6, 6.07) is 5.53. The number of nitrogens with zero attached hydrogens (tertiary/aromatic N) is 4. The number of aromatic nitrogens is 4. The van der Waals surface area contributed by atoms with E-state index < -0.39 is 5.60 Å². The zero-order chi connectivity index (χ0) is 22.8. The second kappa shape index (κ2) is 8.97. The SMILES string of the molecule is CCC(Nc1nc(NCc2cc(OC)ccc2N)c2ncn(C(C)C)c2n1)C(C)(C)O. The number of nitrogen functional groups attached to an aromatic ring is 1. The molecule has 31 heavy (non-hydrogen) atoms. The first-order chi connectivity index (χ1) is 14.6. The highest BCUT2D eigenvalue weighted by atomic mass is 16.5. The van der Waals surface area contributed by atoms with Gasteiger partial charge < -0.3 is 30.8 Å². The van der Waals surface area contributed by atoms with Gasteiger partial charge in [-0.3, -0.25) is 0 Å². The van der Waals surface area contributed by atoms with Gasteiger partial charge in [0, 0.05) is 18.3 Å². The van der Waals surface area contributed by atoms with Gasteiger partial charge in [-0.15, -0.1) is 0 Å². The van der Waals surface area contributed by atoms with Gasteiger partial charge in [0.1, 0.15) is 5.75 Å². The van der Waals surface area contributed by atoms with Crippen molar-refractivity contribution in [1.29, 1.82) is 0 Å². The molecule has 0 aliphatic rings. The number of nitrogens with one attached hydrogen (secondary N) is 2. The Morgan fingerprint density at radius 1 is 1.26 bits per heavy atom. The molecule has 168 valence electrons. The van der Waals surface area contributed by atoms with E-state index in [9.17, 15) is 5.11 Å². The van der Waals surface area contributed by atoms with E-state index in [0.717, 1.165) is 23.4 Å². The van der Waals surface area contributed by atoms with Crippen LogP contribution in [0.25, 0.3) is 11.2 Å².